The Morgan fingerprint density at radius 2 is 2.00 bits per heavy atom. The smallest absolute Gasteiger partial charge is 0.315 e. The number of esters is 1. The minimum Gasteiger partial charge on any atom is -0.464 e. The van der Waals surface area contributed by atoms with Crippen molar-refractivity contribution in [2.45, 2.75) is 43.9 Å². The molecule has 4 nitrogen and oxygen atoms in total. The lowest BCUT2D eigenvalue weighted by molar-refractivity contribution is -0.145. The summed E-state index contributed by atoms with van der Waals surface area (Å²) in [4.78, 5) is 31.7. The number of ketones is 1. The van der Waals surface area contributed by atoms with Crippen LogP contribution in [0.3, 0.4) is 0 Å². The highest BCUT2D eigenvalue weighted by molar-refractivity contribution is 7.99. The molecule has 0 aromatic heterocycles. The molecule has 3 rings (SSSR count). The average molecular weight is 418 g/mol. The molecule has 28 heavy (non-hydrogen) atoms. The molecule has 1 unspecified atom stereocenters. The van der Waals surface area contributed by atoms with Crippen LogP contribution in [0.4, 0.5) is 0 Å². The lowest BCUT2D eigenvalue weighted by Crippen LogP contribution is -2.37. The molecule has 1 heterocycles. The Balaban J connectivity index is 1.96. The second kappa shape index (κ2) is 9.79. The first-order chi connectivity index (χ1) is 13.6. The molecule has 2 atom stereocenters. The fourth-order valence-corrected chi connectivity index (χ4v) is 4.82. The summed E-state index contributed by atoms with van der Waals surface area (Å²) in [5.74, 6) is 0.787. The Bertz CT molecular complexity index is 799. The van der Waals surface area contributed by atoms with Crippen LogP contribution < -0.4 is 0 Å². The van der Waals surface area contributed by atoms with Gasteiger partial charge in [-0.05, 0) is 49.5 Å². The van der Waals surface area contributed by atoms with Crippen LogP contribution in [0.1, 0.15) is 44.6 Å². The molecule has 0 spiro atoms. The Labute approximate surface area is 175 Å². The predicted molar refractivity (Wildman–Crippen MR) is 117 cm³/mol. The third kappa shape index (κ3) is 4.54. The molecular weight excluding hydrogens is 390 g/mol. The van der Waals surface area contributed by atoms with Crippen molar-refractivity contribution in [3.8, 4) is 0 Å². The fourth-order valence-electron chi connectivity index (χ4n) is 3.92. The van der Waals surface area contributed by atoms with Gasteiger partial charge in [-0.1, -0.05) is 19.1 Å². The minimum atomic E-state index is -0.535. The van der Waals surface area contributed by atoms with E-state index in [0.29, 0.717) is 13.0 Å². The number of thioether (sulfide) groups is 2. The maximum absolute atomic E-state index is 13.0. The first kappa shape index (κ1) is 21.2. The van der Waals surface area contributed by atoms with Gasteiger partial charge in [0.25, 0.3) is 0 Å². The molecule has 1 aliphatic carbocycles. The molecule has 2 aliphatic rings. The van der Waals surface area contributed by atoms with E-state index in [1.54, 1.807) is 23.5 Å². The molecule has 0 saturated heterocycles. The normalized spacial score (nSPS) is 22.0. The maximum atomic E-state index is 13.0. The van der Waals surface area contributed by atoms with Crippen molar-refractivity contribution in [1.29, 1.82) is 0 Å². The van der Waals surface area contributed by atoms with E-state index in [1.807, 2.05) is 25.3 Å². The highest BCUT2D eigenvalue weighted by Gasteiger charge is 2.43. The molecule has 0 N–H and O–H groups in total. The molecule has 0 fully saturated rings. The summed E-state index contributed by atoms with van der Waals surface area (Å²) >= 11 is 3.42. The monoisotopic (exact) mass is 417 g/mol. The van der Waals surface area contributed by atoms with Gasteiger partial charge in [0.1, 0.15) is 12.5 Å². The summed E-state index contributed by atoms with van der Waals surface area (Å²) in [6.07, 6.45) is 4.19. The highest BCUT2D eigenvalue weighted by atomic mass is 32.2. The van der Waals surface area contributed by atoms with Crippen LogP contribution in [0.25, 0.3) is 0 Å². The van der Waals surface area contributed by atoms with Crippen LogP contribution in [0.2, 0.25) is 0 Å². The van der Waals surface area contributed by atoms with Crippen molar-refractivity contribution in [3.63, 3.8) is 0 Å². The van der Waals surface area contributed by atoms with Crippen LogP contribution in [0.5, 0.6) is 0 Å². The second-order valence-electron chi connectivity index (χ2n) is 6.98. The van der Waals surface area contributed by atoms with Crippen molar-refractivity contribution < 1.29 is 14.3 Å². The topological polar surface area (TPSA) is 55.7 Å². The zero-order valence-corrected chi connectivity index (χ0v) is 18.3. The van der Waals surface area contributed by atoms with Crippen molar-refractivity contribution in [2.75, 3.05) is 24.4 Å². The lowest BCUT2D eigenvalue weighted by Gasteiger charge is -2.34. The Hall–Kier alpha value is -1.53. The Morgan fingerprint density at radius 1 is 1.25 bits per heavy atom. The third-order valence-corrected chi connectivity index (χ3v) is 6.85. The zero-order valence-electron chi connectivity index (χ0n) is 16.7. The van der Waals surface area contributed by atoms with Crippen molar-refractivity contribution >= 4 is 41.0 Å². The summed E-state index contributed by atoms with van der Waals surface area (Å²) in [6.45, 7) is 4.36. The van der Waals surface area contributed by atoms with Crippen LogP contribution in [-0.2, 0) is 14.3 Å². The molecule has 150 valence electrons. The molecule has 0 amide bonds. The fraction of sp³-hybridized carbons (Fsp3) is 0.500. The van der Waals surface area contributed by atoms with E-state index in [9.17, 15) is 9.59 Å². The van der Waals surface area contributed by atoms with Crippen LogP contribution >= 0.6 is 23.5 Å². The number of allylic oxidation sites excluding steroid dienone is 2. The molecule has 1 aromatic carbocycles. The molecule has 1 aromatic rings. The second-order valence-corrected chi connectivity index (χ2v) is 9.26. The number of nitrogens with zero attached hydrogens (tertiary/aromatic N) is 1. The summed E-state index contributed by atoms with van der Waals surface area (Å²) in [5.41, 5.74) is 3.32. The van der Waals surface area contributed by atoms with E-state index in [2.05, 4.69) is 24.0 Å². The van der Waals surface area contributed by atoms with E-state index in [1.165, 1.54) is 0 Å². The number of Topliss-reactive ketones (excluding diaryl/α,β-unsaturated/α-hetero) is 1. The summed E-state index contributed by atoms with van der Waals surface area (Å²) in [6, 6.07) is 8.17. The van der Waals surface area contributed by atoms with Crippen molar-refractivity contribution in [2.24, 2.45) is 10.9 Å². The van der Waals surface area contributed by atoms with Gasteiger partial charge in [0.05, 0.1) is 0 Å². The van der Waals surface area contributed by atoms with Gasteiger partial charge < -0.3 is 4.74 Å². The number of benzene rings is 1. The molecule has 1 aliphatic heterocycles. The van der Waals surface area contributed by atoms with E-state index in [0.717, 1.165) is 51.8 Å². The van der Waals surface area contributed by atoms with Gasteiger partial charge >= 0.3 is 5.97 Å². The van der Waals surface area contributed by atoms with E-state index < -0.39 is 5.92 Å². The summed E-state index contributed by atoms with van der Waals surface area (Å²) in [7, 11) is 0. The van der Waals surface area contributed by atoms with Gasteiger partial charge in [0.2, 0.25) is 0 Å². The first-order valence-electron chi connectivity index (χ1n) is 9.76. The number of carbonyl (C=O) groups is 2. The SMILES string of the molecule is CCSCCOC(=O)C1C(C)=NC2=C(C(=O)CCC2)[C@H]1c1ccc(SC)cc1. The number of hydrogen-bond acceptors (Lipinski definition) is 6. The van der Waals surface area contributed by atoms with Gasteiger partial charge in [0, 0.05) is 40.0 Å². The van der Waals surface area contributed by atoms with Gasteiger partial charge in [0.15, 0.2) is 5.78 Å². The highest BCUT2D eigenvalue weighted by Crippen LogP contribution is 2.43. The lowest BCUT2D eigenvalue weighted by atomic mass is 9.72. The van der Waals surface area contributed by atoms with E-state index in [4.69, 9.17) is 4.74 Å². The van der Waals surface area contributed by atoms with Crippen LogP contribution in [0, 0.1) is 5.92 Å². The Kier molecular flexibility index (Phi) is 7.41. The third-order valence-electron chi connectivity index (χ3n) is 5.24. The van der Waals surface area contributed by atoms with E-state index >= 15 is 0 Å². The molecular formula is C22H27NO3S2. The largest absolute Gasteiger partial charge is 0.464 e. The molecule has 0 bridgehead atoms. The minimum absolute atomic E-state index is 0.121. The van der Waals surface area contributed by atoms with Gasteiger partial charge in [-0.3, -0.25) is 14.6 Å². The molecule has 6 heteroatoms. The van der Waals surface area contributed by atoms with Gasteiger partial charge in [-0.2, -0.15) is 11.8 Å². The maximum Gasteiger partial charge on any atom is 0.315 e. The van der Waals surface area contributed by atoms with Gasteiger partial charge in [-0.25, -0.2) is 0 Å². The zero-order chi connectivity index (χ0) is 20.1. The first-order valence-corrected chi connectivity index (χ1v) is 12.1. The predicted octanol–water partition coefficient (Wildman–Crippen LogP) is 4.89. The van der Waals surface area contributed by atoms with Crippen molar-refractivity contribution in [1.82, 2.24) is 0 Å². The summed E-state index contributed by atoms with van der Waals surface area (Å²) < 4.78 is 5.59. The number of ether oxygens (including phenoxy) is 1. The average Bonchev–Trinajstić information content (AvgIpc) is 2.70. The number of hydrogen-bond donors (Lipinski definition) is 0. The summed E-state index contributed by atoms with van der Waals surface area (Å²) in [5, 5.41) is 0. The van der Waals surface area contributed by atoms with E-state index in [-0.39, 0.29) is 17.7 Å². The van der Waals surface area contributed by atoms with Crippen LogP contribution in [-0.4, -0.2) is 41.8 Å². The number of aliphatic imine (C=N–C) groups is 1. The number of rotatable bonds is 7. The molecule has 0 radical (unpaired) electrons. The van der Waals surface area contributed by atoms with Gasteiger partial charge in [-0.15, -0.1) is 11.8 Å². The van der Waals surface area contributed by atoms with Crippen molar-refractivity contribution in [3.05, 3.63) is 41.1 Å². The van der Waals surface area contributed by atoms with Crippen LogP contribution in [0.15, 0.2) is 45.4 Å². The number of carbonyl (C=O) groups excluding carboxylic acids is 2. The Morgan fingerprint density at radius 3 is 2.68 bits per heavy atom. The quantitative estimate of drug-likeness (QED) is 0.359. The molecule has 0 saturated carbocycles. The standard InChI is InChI=1S/C22H27NO3S2/c1-4-28-13-12-26-22(25)19-14(2)23-17-6-5-7-18(24)21(17)20(19)15-8-10-16(27-3)11-9-15/h8-11,19-20H,4-7,12-13H2,1-3H3/t19?,20-/m0/s1.